The van der Waals surface area contributed by atoms with Crippen molar-refractivity contribution in [3.8, 4) is 11.4 Å². The number of aromatic nitrogens is 1. The van der Waals surface area contributed by atoms with Gasteiger partial charge >= 0.3 is 5.97 Å². The molecule has 0 spiro atoms. The highest BCUT2D eigenvalue weighted by Gasteiger charge is 2.16. The van der Waals surface area contributed by atoms with Crippen LogP contribution in [0.15, 0.2) is 42.6 Å². The fourth-order valence-corrected chi connectivity index (χ4v) is 2.73. The summed E-state index contributed by atoms with van der Waals surface area (Å²) < 4.78 is 20.4. The molecule has 1 heterocycles. The molecule has 0 amide bonds. The molecule has 0 aliphatic heterocycles. The summed E-state index contributed by atoms with van der Waals surface area (Å²) in [5.74, 6) is -1.16. The van der Waals surface area contributed by atoms with Crippen LogP contribution >= 0.6 is 11.6 Å². The Morgan fingerprint density at radius 2 is 2.09 bits per heavy atom. The average Bonchev–Trinajstić information content (AvgIpc) is 2.84. The maximum Gasteiger partial charge on any atom is 0.336 e. The van der Waals surface area contributed by atoms with Crippen LogP contribution < -0.4 is 4.74 Å². The molecule has 0 fully saturated rings. The topological polar surface area (TPSA) is 51.5 Å². The number of hydrogen-bond donors (Lipinski definition) is 1. The molecule has 0 saturated carbocycles. The van der Waals surface area contributed by atoms with Crippen molar-refractivity contribution in [3.63, 3.8) is 0 Å². The monoisotopic (exact) mass is 319 g/mol. The van der Waals surface area contributed by atoms with E-state index in [2.05, 4.69) is 0 Å². The lowest BCUT2D eigenvalue weighted by Crippen LogP contribution is -1.98. The van der Waals surface area contributed by atoms with Crippen molar-refractivity contribution >= 4 is 28.5 Å². The van der Waals surface area contributed by atoms with Crippen molar-refractivity contribution in [2.75, 3.05) is 7.11 Å². The van der Waals surface area contributed by atoms with E-state index in [9.17, 15) is 14.3 Å². The molecule has 6 heteroatoms. The number of carboxylic acids is 1. The van der Waals surface area contributed by atoms with Gasteiger partial charge in [0.15, 0.2) is 0 Å². The van der Waals surface area contributed by atoms with Gasteiger partial charge in [-0.2, -0.15) is 0 Å². The van der Waals surface area contributed by atoms with Crippen LogP contribution in [-0.2, 0) is 0 Å². The normalized spacial score (nSPS) is 10.9. The largest absolute Gasteiger partial charge is 0.497 e. The highest BCUT2D eigenvalue weighted by molar-refractivity contribution is 6.37. The van der Waals surface area contributed by atoms with Crippen molar-refractivity contribution in [1.82, 2.24) is 4.57 Å². The summed E-state index contributed by atoms with van der Waals surface area (Å²) in [5.41, 5.74) is 1.18. The number of methoxy groups -OCH3 is 1. The summed E-state index contributed by atoms with van der Waals surface area (Å²) in [4.78, 5) is 11.3. The molecule has 0 aliphatic carbocycles. The summed E-state index contributed by atoms with van der Waals surface area (Å²) >= 11 is 6.18. The average molecular weight is 320 g/mol. The van der Waals surface area contributed by atoms with Crippen molar-refractivity contribution in [2.24, 2.45) is 0 Å². The molecule has 0 aliphatic rings. The van der Waals surface area contributed by atoms with Crippen molar-refractivity contribution in [2.45, 2.75) is 0 Å². The molecule has 1 aromatic heterocycles. The van der Waals surface area contributed by atoms with Crippen LogP contribution in [0.25, 0.3) is 16.6 Å². The summed E-state index contributed by atoms with van der Waals surface area (Å²) in [6.45, 7) is 0. The van der Waals surface area contributed by atoms with Gasteiger partial charge in [-0.25, -0.2) is 9.18 Å². The number of halogens is 2. The van der Waals surface area contributed by atoms with Crippen LogP contribution in [0.4, 0.5) is 4.39 Å². The van der Waals surface area contributed by atoms with Crippen molar-refractivity contribution < 1.29 is 19.0 Å². The number of fused-ring (bicyclic) bond motifs is 1. The van der Waals surface area contributed by atoms with Gasteiger partial charge in [-0.3, -0.25) is 0 Å². The molecule has 4 nitrogen and oxygen atoms in total. The summed E-state index contributed by atoms with van der Waals surface area (Å²) in [6, 6.07) is 9.06. The van der Waals surface area contributed by atoms with E-state index >= 15 is 0 Å². The summed E-state index contributed by atoms with van der Waals surface area (Å²) in [5, 5.41) is 9.97. The number of carboxylic acid groups (broad SMARTS) is 1. The van der Waals surface area contributed by atoms with Gasteiger partial charge in [-0.15, -0.1) is 0 Å². The minimum Gasteiger partial charge on any atom is -0.497 e. The lowest BCUT2D eigenvalue weighted by atomic mass is 10.1. The third-order valence-corrected chi connectivity index (χ3v) is 3.67. The molecule has 0 bridgehead atoms. The van der Waals surface area contributed by atoms with E-state index < -0.39 is 11.8 Å². The predicted octanol–water partition coefficient (Wildman–Crippen LogP) is 4.13. The Kier molecular flexibility index (Phi) is 3.50. The molecule has 112 valence electrons. The third-order valence-electron chi connectivity index (χ3n) is 3.38. The first-order valence-electron chi connectivity index (χ1n) is 6.39. The Hall–Kier alpha value is -2.53. The molecule has 1 N–H and O–H groups in total. The van der Waals surface area contributed by atoms with Gasteiger partial charge in [0.1, 0.15) is 11.6 Å². The van der Waals surface area contributed by atoms with Crippen LogP contribution in [0, 0.1) is 5.82 Å². The quantitative estimate of drug-likeness (QED) is 0.789. The molecular formula is C16H11ClFNO3. The molecular weight excluding hydrogens is 309 g/mol. The molecule has 0 unspecified atom stereocenters. The highest BCUT2D eigenvalue weighted by atomic mass is 35.5. The molecule has 2 aromatic carbocycles. The second-order valence-electron chi connectivity index (χ2n) is 4.70. The number of aromatic carboxylic acids is 1. The Balaban J connectivity index is 2.31. The molecule has 0 saturated heterocycles. The minimum absolute atomic E-state index is 0.101. The van der Waals surface area contributed by atoms with Gasteiger partial charge in [0, 0.05) is 23.7 Å². The van der Waals surface area contributed by atoms with Gasteiger partial charge in [-0.05, 0) is 18.2 Å². The van der Waals surface area contributed by atoms with Crippen LogP contribution in [0.1, 0.15) is 10.4 Å². The molecule has 3 aromatic rings. The minimum atomic E-state index is -1.07. The Morgan fingerprint density at radius 1 is 1.32 bits per heavy atom. The second kappa shape index (κ2) is 5.35. The van der Waals surface area contributed by atoms with Gasteiger partial charge in [0.2, 0.25) is 0 Å². The zero-order chi connectivity index (χ0) is 15.9. The van der Waals surface area contributed by atoms with Crippen LogP contribution in [0.2, 0.25) is 5.02 Å². The summed E-state index contributed by atoms with van der Waals surface area (Å²) in [7, 11) is 1.45. The van der Waals surface area contributed by atoms with Gasteiger partial charge < -0.3 is 14.4 Å². The predicted molar refractivity (Wildman–Crippen MR) is 81.8 cm³/mol. The first kappa shape index (κ1) is 14.4. The lowest BCUT2D eigenvalue weighted by Gasteiger charge is -2.08. The van der Waals surface area contributed by atoms with Gasteiger partial charge in [-0.1, -0.05) is 17.7 Å². The van der Waals surface area contributed by atoms with E-state index in [1.165, 1.54) is 25.3 Å². The fraction of sp³-hybridized carbons (Fsp3) is 0.0625. The number of rotatable bonds is 3. The number of nitrogens with zero attached hydrogens (tertiary/aromatic N) is 1. The Labute approximate surface area is 130 Å². The Morgan fingerprint density at radius 3 is 2.77 bits per heavy atom. The smallest absolute Gasteiger partial charge is 0.336 e. The van der Waals surface area contributed by atoms with E-state index in [1.807, 2.05) is 0 Å². The molecule has 22 heavy (non-hydrogen) atoms. The highest BCUT2D eigenvalue weighted by Crippen LogP contribution is 2.32. The van der Waals surface area contributed by atoms with E-state index in [-0.39, 0.29) is 10.6 Å². The fourth-order valence-electron chi connectivity index (χ4n) is 2.44. The molecule has 0 radical (unpaired) electrons. The van der Waals surface area contributed by atoms with Crippen molar-refractivity contribution in [1.29, 1.82) is 0 Å². The zero-order valence-electron chi connectivity index (χ0n) is 11.5. The van der Waals surface area contributed by atoms with Gasteiger partial charge in [0.25, 0.3) is 0 Å². The van der Waals surface area contributed by atoms with E-state index in [0.29, 0.717) is 22.3 Å². The zero-order valence-corrected chi connectivity index (χ0v) is 12.3. The lowest BCUT2D eigenvalue weighted by molar-refractivity contribution is 0.0699. The SMILES string of the molecule is COc1cc(F)cc(-n2cc(Cl)c3c(C(=O)O)cccc32)c1. The van der Waals surface area contributed by atoms with Crippen LogP contribution in [-0.4, -0.2) is 22.8 Å². The van der Waals surface area contributed by atoms with Crippen LogP contribution in [0.3, 0.4) is 0 Å². The van der Waals surface area contributed by atoms with Crippen LogP contribution in [0.5, 0.6) is 5.75 Å². The number of carbonyl (C=O) groups is 1. The maximum absolute atomic E-state index is 13.7. The Bertz CT molecular complexity index is 888. The van der Waals surface area contributed by atoms with E-state index in [0.717, 1.165) is 0 Å². The van der Waals surface area contributed by atoms with Crippen molar-refractivity contribution in [3.05, 3.63) is 59.0 Å². The van der Waals surface area contributed by atoms with E-state index in [1.54, 1.807) is 29.0 Å². The molecule has 0 atom stereocenters. The van der Waals surface area contributed by atoms with E-state index in [4.69, 9.17) is 16.3 Å². The summed E-state index contributed by atoms with van der Waals surface area (Å²) in [6.07, 6.45) is 1.56. The number of ether oxygens (including phenoxy) is 1. The standard InChI is InChI=1S/C16H11ClFNO3/c1-22-11-6-9(18)5-10(7-11)19-8-13(17)15-12(16(20)21)3-2-4-14(15)19/h2-8H,1H3,(H,20,21). The number of hydrogen-bond acceptors (Lipinski definition) is 2. The second-order valence-corrected chi connectivity index (χ2v) is 5.11. The number of benzene rings is 2. The first-order chi connectivity index (χ1) is 10.5. The maximum atomic E-state index is 13.7. The first-order valence-corrected chi connectivity index (χ1v) is 6.77. The molecule has 3 rings (SSSR count). The van der Waals surface area contributed by atoms with Gasteiger partial charge in [0.05, 0.1) is 28.9 Å². The third kappa shape index (κ3) is 2.29.